The number of carbonyl (C=O) groups is 1. The molecular weight excluding hydrogens is 240 g/mol. The average molecular weight is 260 g/mol. The predicted octanol–water partition coefficient (Wildman–Crippen LogP) is 0.948. The zero-order valence-corrected chi connectivity index (χ0v) is 10.9. The molecule has 4 nitrogen and oxygen atoms in total. The van der Waals surface area contributed by atoms with E-state index in [1.807, 2.05) is 0 Å². The number of terminal acetylenes is 1. The molecule has 0 heterocycles. The lowest BCUT2D eigenvalue weighted by Crippen LogP contribution is -2.10. The highest BCUT2D eigenvalue weighted by Gasteiger charge is 1.97. The number of thiol groups is 1. The van der Waals surface area contributed by atoms with E-state index in [2.05, 4.69) is 18.5 Å². The summed E-state index contributed by atoms with van der Waals surface area (Å²) in [5.74, 6) is 2.83. The van der Waals surface area contributed by atoms with Crippen LogP contribution in [0.25, 0.3) is 0 Å². The van der Waals surface area contributed by atoms with Crippen LogP contribution >= 0.6 is 12.6 Å². The average Bonchev–Trinajstić information content (AvgIpc) is 2.35. The summed E-state index contributed by atoms with van der Waals surface area (Å²) in [6.45, 7) is 2.98. The van der Waals surface area contributed by atoms with Crippen LogP contribution in [-0.4, -0.2) is 51.2 Å². The highest BCUT2D eigenvalue weighted by molar-refractivity contribution is 7.81. The minimum absolute atomic E-state index is 0.152. The molecule has 0 rings (SSSR count). The van der Waals surface area contributed by atoms with Crippen molar-refractivity contribution in [2.45, 2.75) is 12.8 Å². The van der Waals surface area contributed by atoms with Gasteiger partial charge in [-0.05, 0) is 6.42 Å². The molecule has 0 aromatic carbocycles. The van der Waals surface area contributed by atoms with Gasteiger partial charge in [0.05, 0.1) is 26.4 Å². The summed E-state index contributed by atoms with van der Waals surface area (Å²) in [5.41, 5.74) is 0. The van der Waals surface area contributed by atoms with E-state index in [9.17, 15) is 4.79 Å². The first kappa shape index (κ1) is 16.5. The van der Waals surface area contributed by atoms with Crippen LogP contribution < -0.4 is 0 Å². The fraction of sp³-hybridized carbons (Fsp3) is 0.750. The van der Waals surface area contributed by atoms with Crippen molar-refractivity contribution in [1.29, 1.82) is 0 Å². The maximum absolute atomic E-state index is 10.9. The first-order valence-corrected chi connectivity index (χ1v) is 6.23. The Kier molecular flexibility index (Phi) is 13.1. The molecule has 0 amide bonds. The highest BCUT2D eigenvalue weighted by atomic mass is 32.1. The van der Waals surface area contributed by atoms with Gasteiger partial charge in [0.1, 0.15) is 12.4 Å². The van der Waals surface area contributed by atoms with Crippen LogP contribution in [0.2, 0.25) is 0 Å². The Morgan fingerprint density at radius 1 is 1.06 bits per heavy atom. The number of rotatable bonds is 12. The first-order chi connectivity index (χ1) is 8.31. The molecule has 0 unspecified atom stereocenters. The number of hydrogen-bond donors (Lipinski definition) is 1. The van der Waals surface area contributed by atoms with E-state index in [-0.39, 0.29) is 5.78 Å². The second kappa shape index (κ2) is 13.5. The number of carbonyl (C=O) groups excluding carboxylic acids is 1. The number of Topliss-reactive ketones (excluding diaryl/α,β-unsaturated/α-hetero) is 1. The molecule has 0 aliphatic carbocycles. The van der Waals surface area contributed by atoms with Crippen molar-refractivity contribution in [2.24, 2.45) is 0 Å². The molecule has 0 spiro atoms. The van der Waals surface area contributed by atoms with E-state index in [4.69, 9.17) is 20.6 Å². The third-order valence-corrected chi connectivity index (χ3v) is 2.20. The van der Waals surface area contributed by atoms with Gasteiger partial charge in [-0.15, -0.1) is 6.42 Å². The molecule has 0 aromatic heterocycles. The zero-order chi connectivity index (χ0) is 12.8. The lowest BCUT2D eigenvalue weighted by atomic mass is 10.2. The molecule has 0 saturated carbocycles. The summed E-state index contributed by atoms with van der Waals surface area (Å²) in [6, 6.07) is 0. The summed E-state index contributed by atoms with van der Waals surface area (Å²) in [5, 5.41) is 0. The van der Waals surface area contributed by atoms with E-state index in [1.54, 1.807) is 0 Å². The van der Waals surface area contributed by atoms with Crippen molar-refractivity contribution in [3.63, 3.8) is 0 Å². The third kappa shape index (κ3) is 13.4. The molecule has 0 radical (unpaired) electrons. The third-order valence-electron chi connectivity index (χ3n) is 1.85. The minimum atomic E-state index is 0.152. The van der Waals surface area contributed by atoms with Crippen molar-refractivity contribution in [3.05, 3.63) is 0 Å². The molecular formula is C12H20O4S. The van der Waals surface area contributed by atoms with Gasteiger partial charge in [0.15, 0.2) is 0 Å². The van der Waals surface area contributed by atoms with Crippen molar-refractivity contribution < 1.29 is 19.0 Å². The van der Waals surface area contributed by atoms with E-state index in [0.717, 1.165) is 6.42 Å². The molecule has 0 aliphatic rings. The van der Waals surface area contributed by atoms with Crippen LogP contribution in [0.4, 0.5) is 0 Å². The fourth-order valence-corrected chi connectivity index (χ4v) is 1.18. The number of ether oxygens (including phenoxy) is 3. The van der Waals surface area contributed by atoms with Gasteiger partial charge in [-0.25, -0.2) is 0 Å². The maximum Gasteiger partial charge on any atom is 0.142 e. The molecule has 0 saturated heterocycles. The van der Waals surface area contributed by atoms with Gasteiger partial charge < -0.3 is 14.2 Å². The van der Waals surface area contributed by atoms with E-state index < -0.39 is 0 Å². The summed E-state index contributed by atoms with van der Waals surface area (Å²) in [6.07, 6.45) is 6.28. The molecule has 17 heavy (non-hydrogen) atoms. The van der Waals surface area contributed by atoms with Crippen molar-refractivity contribution >= 4 is 18.4 Å². The summed E-state index contributed by atoms with van der Waals surface area (Å²) < 4.78 is 15.5. The zero-order valence-electron chi connectivity index (χ0n) is 10.0. The van der Waals surface area contributed by atoms with Crippen LogP contribution in [0.5, 0.6) is 0 Å². The lowest BCUT2D eigenvalue weighted by molar-refractivity contribution is -0.116. The van der Waals surface area contributed by atoms with Crippen LogP contribution in [-0.2, 0) is 19.0 Å². The Morgan fingerprint density at radius 2 is 1.65 bits per heavy atom. The lowest BCUT2D eigenvalue weighted by Gasteiger charge is -2.05. The molecule has 0 N–H and O–H groups in total. The standard InChI is InChI=1S/C12H20O4S/c1-2-5-14-7-9-16-10-8-15-6-3-4-12(13)11-17/h1,17H,3-11H2. The second-order valence-electron chi connectivity index (χ2n) is 3.28. The fourth-order valence-electron chi connectivity index (χ4n) is 1.02. The Labute approximate surface area is 108 Å². The first-order valence-electron chi connectivity index (χ1n) is 5.60. The van der Waals surface area contributed by atoms with Crippen molar-refractivity contribution in [2.75, 3.05) is 45.4 Å². The van der Waals surface area contributed by atoms with Gasteiger partial charge in [-0.3, -0.25) is 4.79 Å². The maximum atomic E-state index is 10.9. The van der Waals surface area contributed by atoms with Gasteiger partial charge in [-0.2, -0.15) is 12.6 Å². The predicted molar refractivity (Wildman–Crippen MR) is 69.4 cm³/mol. The summed E-state index contributed by atoms with van der Waals surface area (Å²) in [7, 11) is 0. The number of ketones is 1. The molecule has 0 aromatic rings. The van der Waals surface area contributed by atoms with E-state index in [1.165, 1.54) is 0 Å². The largest absolute Gasteiger partial charge is 0.379 e. The molecule has 5 heteroatoms. The monoisotopic (exact) mass is 260 g/mol. The van der Waals surface area contributed by atoms with Gasteiger partial charge in [0.2, 0.25) is 0 Å². The number of hydrogen-bond acceptors (Lipinski definition) is 5. The molecule has 0 aliphatic heterocycles. The van der Waals surface area contributed by atoms with Gasteiger partial charge >= 0.3 is 0 Å². The van der Waals surface area contributed by atoms with Crippen molar-refractivity contribution in [1.82, 2.24) is 0 Å². The molecule has 0 bridgehead atoms. The van der Waals surface area contributed by atoms with Crippen molar-refractivity contribution in [3.8, 4) is 12.3 Å². The van der Waals surface area contributed by atoms with E-state index in [0.29, 0.717) is 51.8 Å². The second-order valence-corrected chi connectivity index (χ2v) is 3.60. The molecule has 0 fully saturated rings. The Hall–Kier alpha value is -0.540. The highest BCUT2D eigenvalue weighted by Crippen LogP contribution is 1.93. The Balaban J connectivity index is 2.99. The molecule has 0 atom stereocenters. The Bertz CT molecular complexity index is 225. The molecule has 98 valence electrons. The normalized spacial score (nSPS) is 10.1. The smallest absolute Gasteiger partial charge is 0.142 e. The Morgan fingerprint density at radius 3 is 2.24 bits per heavy atom. The topological polar surface area (TPSA) is 44.8 Å². The minimum Gasteiger partial charge on any atom is -0.379 e. The van der Waals surface area contributed by atoms with Crippen LogP contribution in [0.15, 0.2) is 0 Å². The van der Waals surface area contributed by atoms with Crippen LogP contribution in [0.3, 0.4) is 0 Å². The SMILES string of the molecule is C#CCOCCOCCOCCCC(=O)CS. The van der Waals surface area contributed by atoms with Crippen LogP contribution in [0.1, 0.15) is 12.8 Å². The van der Waals surface area contributed by atoms with Gasteiger partial charge in [0, 0.05) is 18.8 Å². The van der Waals surface area contributed by atoms with Gasteiger partial charge in [-0.1, -0.05) is 5.92 Å². The van der Waals surface area contributed by atoms with Gasteiger partial charge in [0.25, 0.3) is 0 Å². The van der Waals surface area contributed by atoms with Crippen LogP contribution in [0, 0.1) is 12.3 Å². The van der Waals surface area contributed by atoms with E-state index >= 15 is 0 Å². The quantitative estimate of drug-likeness (QED) is 0.322. The summed E-state index contributed by atoms with van der Waals surface area (Å²) in [4.78, 5) is 10.9. The summed E-state index contributed by atoms with van der Waals surface area (Å²) >= 11 is 3.89.